The summed E-state index contributed by atoms with van der Waals surface area (Å²) in [5, 5.41) is 11.2. The van der Waals surface area contributed by atoms with Crippen molar-refractivity contribution in [1.82, 2.24) is 24.9 Å². The second kappa shape index (κ2) is 7.22. The molecular formula is C17H25N5O3S. The van der Waals surface area contributed by atoms with Gasteiger partial charge in [-0.3, -0.25) is 14.2 Å². The maximum Gasteiger partial charge on any atom is 0.255 e. The Labute approximate surface area is 153 Å². The van der Waals surface area contributed by atoms with E-state index in [0.717, 1.165) is 5.56 Å². The molecule has 1 N–H and O–H groups in total. The number of sulfone groups is 1. The van der Waals surface area contributed by atoms with Gasteiger partial charge >= 0.3 is 0 Å². The SMILES string of the molecule is CCn1cc(C(=O)NCC2CCS(=O)(=O)C(C)C2)c(-c2cnn(C)c2)n1. The first-order valence-corrected chi connectivity index (χ1v) is 10.6. The third-order valence-corrected chi connectivity index (χ3v) is 7.17. The van der Waals surface area contributed by atoms with Crippen molar-refractivity contribution in [2.24, 2.45) is 13.0 Å². The molecule has 2 unspecified atom stereocenters. The summed E-state index contributed by atoms with van der Waals surface area (Å²) in [4.78, 5) is 12.7. The first-order chi connectivity index (χ1) is 12.3. The van der Waals surface area contributed by atoms with Crippen molar-refractivity contribution in [2.75, 3.05) is 12.3 Å². The summed E-state index contributed by atoms with van der Waals surface area (Å²) in [6, 6.07) is 0. The van der Waals surface area contributed by atoms with Gasteiger partial charge in [0.05, 0.1) is 22.8 Å². The smallest absolute Gasteiger partial charge is 0.255 e. The average Bonchev–Trinajstić information content (AvgIpc) is 3.21. The molecule has 2 aromatic heterocycles. The van der Waals surface area contributed by atoms with Crippen LogP contribution in [-0.4, -0.2) is 51.4 Å². The quantitative estimate of drug-likeness (QED) is 0.843. The van der Waals surface area contributed by atoms with Crippen LogP contribution < -0.4 is 5.32 Å². The van der Waals surface area contributed by atoms with Crippen molar-refractivity contribution in [3.63, 3.8) is 0 Å². The summed E-state index contributed by atoms with van der Waals surface area (Å²) in [7, 11) is -1.14. The van der Waals surface area contributed by atoms with Crippen LogP contribution in [0.15, 0.2) is 18.6 Å². The predicted octanol–water partition coefficient (Wildman–Crippen LogP) is 1.25. The number of nitrogens with zero attached hydrogens (tertiary/aromatic N) is 4. The Morgan fingerprint density at radius 2 is 2.15 bits per heavy atom. The molecule has 1 aliphatic rings. The molecule has 0 bridgehead atoms. The molecule has 9 heteroatoms. The van der Waals surface area contributed by atoms with Crippen LogP contribution in [0.5, 0.6) is 0 Å². The highest BCUT2D eigenvalue weighted by atomic mass is 32.2. The zero-order chi connectivity index (χ0) is 18.9. The van der Waals surface area contributed by atoms with Crippen LogP contribution in [0.4, 0.5) is 0 Å². The Hall–Kier alpha value is -2.16. The lowest BCUT2D eigenvalue weighted by molar-refractivity contribution is 0.0946. The maximum atomic E-state index is 12.7. The standard InChI is InChI=1S/C17H25N5O3S/c1-4-22-11-15(16(20-22)14-9-19-21(3)10-14)17(23)18-8-13-5-6-26(24,25)12(2)7-13/h9-13H,4-8H2,1-3H3,(H,18,23). The van der Waals surface area contributed by atoms with E-state index < -0.39 is 9.84 Å². The van der Waals surface area contributed by atoms with E-state index in [2.05, 4.69) is 15.5 Å². The van der Waals surface area contributed by atoms with Gasteiger partial charge in [0.15, 0.2) is 9.84 Å². The van der Waals surface area contributed by atoms with Crippen molar-refractivity contribution in [3.8, 4) is 11.3 Å². The minimum Gasteiger partial charge on any atom is -0.352 e. The molecule has 0 spiro atoms. The molecular weight excluding hydrogens is 354 g/mol. The average molecular weight is 379 g/mol. The number of amides is 1. The Bertz CT molecular complexity index is 899. The van der Waals surface area contributed by atoms with Gasteiger partial charge in [0, 0.05) is 38.1 Å². The molecule has 2 aromatic rings. The molecule has 3 rings (SSSR count). The molecule has 0 saturated carbocycles. The number of carbonyl (C=O) groups excluding carboxylic acids is 1. The Morgan fingerprint density at radius 1 is 1.38 bits per heavy atom. The molecule has 1 saturated heterocycles. The van der Waals surface area contributed by atoms with Crippen molar-refractivity contribution in [3.05, 3.63) is 24.2 Å². The van der Waals surface area contributed by atoms with Crippen molar-refractivity contribution in [1.29, 1.82) is 0 Å². The van der Waals surface area contributed by atoms with E-state index in [4.69, 9.17) is 0 Å². The largest absolute Gasteiger partial charge is 0.352 e. The Morgan fingerprint density at radius 3 is 2.77 bits per heavy atom. The van der Waals surface area contributed by atoms with E-state index in [1.807, 2.05) is 20.2 Å². The highest BCUT2D eigenvalue weighted by Crippen LogP contribution is 2.25. The van der Waals surface area contributed by atoms with E-state index in [1.54, 1.807) is 28.7 Å². The van der Waals surface area contributed by atoms with Crippen LogP contribution in [0.25, 0.3) is 11.3 Å². The Kier molecular flexibility index (Phi) is 5.17. The third kappa shape index (κ3) is 3.82. The molecule has 0 aliphatic carbocycles. The maximum absolute atomic E-state index is 12.7. The number of rotatable bonds is 5. The summed E-state index contributed by atoms with van der Waals surface area (Å²) in [5.41, 5.74) is 1.91. The van der Waals surface area contributed by atoms with E-state index in [0.29, 0.717) is 37.2 Å². The molecule has 0 radical (unpaired) electrons. The van der Waals surface area contributed by atoms with Gasteiger partial charge in [-0.15, -0.1) is 0 Å². The minimum absolute atomic E-state index is 0.181. The first-order valence-electron chi connectivity index (χ1n) is 8.86. The molecule has 26 heavy (non-hydrogen) atoms. The lowest BCUT2D eigenvalue weighted by atomic mass is 9.99. The van der Waals surface area contributed by atoms with Crippen LogP contribution in [-0.2, 0) is 23.4 Å². The molecule has 8 nitrogen and oxygen atoms in total. The van der Waals surface area contributed by atoms with Crippen molar-refractivity contribution in [2.45, 2.75) is 38.5 Å². The zero-order valence-corrected chi connectivity index (χ0v) is 16.2. The molecule has 1 fully saturated rings. The van der Waals surface area contributed by atoms with Gasteiger partial charge in [0.2, 0.25) is 0 Å². The van der Waals surface area contributed by atoms with Crippen LogP contribution in [0.1, 0.15) is 37.0 Å². The highest BCUT2D eigenvalue weighted by molar-refractivity contribution is 7.92. The molecule has 142 valence electrons. The highest BCUT2D eigenvalue weighted by Gasteiger charge is 2.31. The summed E-state index contributed by atoms with van der Waals surface area (Å²) >= 11 is 0. The zero-order valence-electron chi connectivity index (χ0n) is 15.3. The second-order valence-electron chi connectivity index (χ2n) is 6.93. The van der Waals surface area contributed by atoms with Crippen LogP contribution in [0.3, 0.4) is 0 Å². The van der Waals surface area contributed by atoms with Gasteiger partial charge in [-0.05, 0) is 32.6 Å². The normalized spacial score (nSPS) is 22.3. The number of carbonyl (C=O) groups is 1. The fraction of sp³-hybridized carbons (Fsp3) is 0.588. The molecule has 0 aromatic carbocycles. The number of nitrogens with one attached hydrogen (secondary N) is 1. The van der Waals surface area contributed by atoms with Gasteiger partial charge in [-0.2, -0.15) is 10.2 Å². The summed E-state index contributed by atoms with van der Waals surface area (Å²) in [6.07, 6.45) is 6.44. The fourth-order valence-electron chi connectivity index (χ4n) is 3.29. The summed E-state index contributed by atoms with van der Waals surface area (Å²) in [6.45, 7) is 4.85. The molecule has 1 amide bonds. The van der Waals surface area contributed by atoms with Crippen LogP contribution in [0.2, 0.25) is 0 Å². The van der Waals surface area contributed by atoms with E-state index in [-0.39, 0.29) is 22.8 Å². The van der Waals surface area contributed by atoms with Gasteiger partial charge in [-0.25, -0.2) is 8.42 Å². The third-order valence-electron chi connectivity index (χ3n) is 4.95. The lowest BCUT2D eigenvalue weighted by Crippen LogP contribution is -2.37. The van der Waals surface area contributed by atoms with E-state index >= 15 is 0 Å². The minimum atomic E-state index is -2.96. The number of hydrogen-bond acceptors (Lipinski definition) is 5. The summed E-state index contributed by atoms with van der Waals surface area (Å²) in [5.74, 6) is 0.189. The predicted molar refractivity (Wildman–Crippen MR) is 98.4 cm³/mol. The summed E-state index contributed by atoms with van der Waals surface area (Å²) < 4.78 is 27.0. The fourth-order valence-corrected chi connectivity index (χ4v) is 4.92. The van der Waals surface area contributed by atoms with Crippen molar-refractivity contribution < 1.29 is 13.2 Å². The van der Waals surface area contributed by atoms with Crippen LogP contribution in [0, 0.1) is 5.92 Å². The van der Waals surface area contributed by atoms with Gasteiger partial charge < -0.3 is 5.32 Å². The topological polar surface area (TPSA) is 98.9 Å². The van der Waals surface area contributed by atoms with Crippen LogP contribution >= 0.6 is 0 Å². The monoisotopic (exact) mass is 379 g/mol. The van der Waals surface area contributed by atoms with E-state index in [9.17, 15) is 13.2 Å². The first kappa shape index (κ1) is 18.6. The van der Waals surface area contributed by atoms with Gasteiger partial charge in [0.1, 0.15) is 5.69 Å². The van der Waals surface area contributed by atoms with Gasteiger partial charge in [0.25, 0.3) is 5.91 Å². The van der Waals surface area contributed by atoms with E-state index in [1.165, 1.54) is 0 Å². The molecule has 1 aliphatic heterocycles. The lowest BCUT2D eigenvalue weighted by Gasteiger charge is -2.26. The second-order valence-corrected chi connectivity index (χ2v) is 9.47. The number of aryl methyl sites for hydroxylation is 2. The van der Waals surface area contributed by atoms with Gasteiger partial charge in [-0.1, -0.05) is 0 Å². The number of aromatic nitrogens is 4. The van der Waals surface area contributed by atoms with Crippen molar-refractivity contribution >= 4 is 15.7 Å². The molecule has 2 atom stereocenters. The Balaban J connectivity index is 1.71. The molecule has 3 heterocycles. The number of hydrogen-bond donors (Lipinski definition) is 1.